The number of anilines is 1. The van der Waals surface area contributed by atoms with Crippen molar-refractivity contribution in [3.63, 3.8) is 0 Å². The second-order valence-electron chi connectivity index (χ2n) is 7.53. The molecule has 0 aliphatic carbocycles. The van der Waals surface area contributed by atoms with Crippen molar-refractivity contribution in [3.05, 3.63) is 93.8 Å². The summed E-state index contributed by atoms with van der Waals surface area (Å²) in [5.74, 6) is -0.678. The quantitative estimate of drug-likeness (QED) is 0.247. The largest absolute Gasteiger partial charge is 0.508 e. The molecule has 1 aromatic heterocycles. The second-order valence-corrected chi connectivity index (χ2v) is 7.53. The molecule has 3 aromatic carbocycles. The molecule has 0 bridgehead atoms. The highest BCUT2D eigenvalue weighted by molar-refractivity contribution is 6.06. The average Bonchev–Trinajstić information content (AvgIpc) is 2.82. The fourth-order valence-corrected chi connectivity index (χ4v) is 3.38. The van der Waals surface area contributed by atoms with E-state index in [9.17, 15) is 19.5 Å². The fraction of sp³-hybridized carbons (Fsp3) is 0.115. The Kier molecular flexibility index (Phi) is 6.31. The van der Waals surface area contributed by atoms with Gasteiger partial charge < -0.3 is 24.3 Å². The first-order valence-electron chi connectivity index (χ1n) is 10.4. The summed E-state index contributed by atoms with van der Waals surface area (Å²) >= 11 is 0. The fourth-order valence-electron chi connectivity index (χ4n) is 3.38. The van der Waals surface area contributed by atoms with Crippen molar-refractivity contribution >= 4 is 28.5 Å². The van der Waals surface area contributed by atoms with Crippen LogP contribution in [0.4, 0.5) is 5.69 Å². The lowest BCUT2D eigenvalue weighted by Gasteiger charge is -2.15. The zero-order valence-corrected chi connectivity index (χ0v) is 18.5. The van der Waals surface area contributed by atoms with E-state index < -0.39 is 17.5 Å². The van der Waals surface area contributed by atoms with Crippen LogP contribution in [0.2, 0.25) is 0 Å². The number of amides is 1. The Hall–Kier alpha value is -4.59. The summed E-state index contributed by atoms with van der Waals surface area (Å²) in [5.41, 5.74) is 0.635. The number of esters is 1. The zero-order valence-electron chi connectivity index (χ0n) is 18.5. The van der Waals surface area contributed by atoms with Crippen LogP contribution in [0.1, 0.15) is 28.4 Å². The second kappa shape index (κ2) is 9.50. The third kappa shape index (κ3) is 4.75. The van der Waals surface area contributed by atoms with Crippen LogP contribution in [-0.2, 0) is 11.4 Å². The van der Waals surface area contributed by atoms with Crippen LogP contribution in [0.25, 0.3) is 11.0 Å². The molecule has 1 heterocycles. The van der Waals surface area contributed by atoms with Crippen LogP contribution in [0.15, 0.2) is 75.9 Å². The molecule has 34 heavy (non-hydrogen) atoms. The number of phenolic OH excluding ortho intramolecular Hbond substituents is 1. The Morgan fingerprint density at radius 2 is 1.71 bits per heavy atom. The van der Waals surface area contributed by atoms with Crippen LogP contribution < -0.4 is 20.4 Å². The highest BCUT2D eigenvalue weighted by atomic mass is 16.5. The minimum atomic E-state index is -0.825. The van der Waals surface area contributed by atoms with E-state index in [1.165, 1.54) is 37.3 Å². The van der Waals surface area contributed by atoms with Gasteiger partial charge in [0.05, 0.1) is 5.39 Å². The van der Waals surface area contributed by atoms with E-state index in [2.05, 4.69) is 5.32 Å². The number of rotatable bonds is 6. The van der Waals surface area contributed by atoms with E-state index >= 15 is 0 Å². The number of aryl methyl sites for hydroxylation is 1. The molecule has 0 radical (unpaired) electrons. The van der Waals surface area contributed by atoms with Crippen molar-refractivity contribution in [2.75, 3.05) is 5.32 Å². The molecule has 4 aromatic rings. The van der Waals surface area contributed by atoms with Crippen LogP contribution >= 0.6 is 0 Å². The van der Waals surface area contributed by atoms with Gasteiger partial charge in [-0.3, -0.25) is 9.59 Å². The van der Waals surface area contributed by atoms with Gasteiger partial charge in [-0.2, -0.15) is 0 Å². The molecule has 4 rings (SSSR count). The molecule has 172 valence electrons. The molecule has 8 heteroatoms. The summed E-state index contributed by atoms with van der Waals surface area (Å²) in [5, 5.41) is 13.0. The lowest BCUT2D eigenvalue weighted by Crippen LogP contribution is -2.19. The zero-order chi connectivity index (χ0) is 24.2. The topological polar surface area (TPSA) is 115 Å². The Labute approximate surface area is 194 Å². The smallest absolute Gasteiger partial charge is 0.364 e. The summed E-state index contributed by atoms with van der Waals surface area (Å²) < 4.78 is 16.4. The van der Waals surface area contributed by atoms with Crippen molar-refractivity contribution in [1.82, 2.24) is 0 Å². The van der Waals surface area contributed by atoms with Gasteiger partial charge in [-0.1, -0.05) is 30.3 Å². The summed E-state index contributed by atoms with van der Waals surface area (Å²) in [6.07, 6.45) is 0. The standard InChI is InChI=1S/C26H21NO7/c1-15-21(29)13-12-20-23(15)34-26(31)22(24(20)32-14-17-6-4-3-5-7-17)27-25(30)18-8-10-19(11-9-18)33-16(2)28/h3-13,29H,14H2,1-2H3,(H,27,30). The van der Waals surface area contributed by atoms with Gasteiger partial charge in [0, 0.05) is 18.1 Å². The van der Waals surface area contributed by atoms with Gasteiger partial charge in [-0.15, -0.1) is 0 Å². The molecule has 0 fully saturated rings. The average molecular weight is 459 g/mol. The Morgan fingerprint density at radius 1 is 1.00 bits per heavy atom. The number of carbonyl (C=O) groups excluding carboxylic acids is 2. The lowest BCUT2D eigenvalue weighted by atomic mass is 10.1. The molecular formula is C26H21NO7. The van der Waals surface area contributed by atoms with Gasteiger partial charge in [-0.05, 0) is 48.9 Å². The third-order valence-corrected chi connectivity index (χ3v) is 5.09. The summed E-state index contributed by atoms with van der Waals surface area (Å²) in [6, 6.07) is 18.2. The summed E-state index contributed by atoms with van der Waals surface area (Å²) in [6.45, 7) is 3.03. The van der Waals surface area contributed by atoms with Crippen LogP contribution in [0.5, 0.6) is 17.2 Å². The Balaban J connectivity index is 1.72. The van der Waals surface area contributed by atoms with Gasteiger partial charge in [0.15, 0.2) is 11.4 Å². The molecule has 0 aliphatic heterocycles. The first kappa shape index (κ1) is 22.6. The van der Waals surface area contributed by atoms with E-state index in [1.54, 1.807) is 13.0 Å². The minimum absolute atomic E-state index is 0.0330. The minimum Gasteiger partial charge on any atom is -0.508 e. The van der Waals surface area contributed by atoms with Crippen LogP contribution in [0.3, 0.4) is 0 Å². The first-order chi connectivity index (χ1) is 16.3. The number of benzene rings is 3. The van der Waals surface area contributed by atoms with Crippen LogP contribution in [0, 0.1) is 6.92 Å². The molecule has 1 amide bonds. The number of aromatic hydroxyl groups is 1. The highest BCUT2D eigenvalue weighted by Crippen LogP contribution is 2.36. The molecule has 2 N–H and O–H groups in total. The molecule has 0 saturated carbocycles. The van der Waals surface area contributed by atoms with E-state index in [4.69, 9.17) is 13.9 Å². The van der Waals surface area contributed by atoms with Gasteiger partial charge >= 0.3 is 11.6 Å². The van der Waals surface area contributed by atoms with E-state index in [-0.39, 0.29) is 40.7 Å². The Bertz CT molecular complexity index is 1420. The number of fused-ring (bicyclic) bond motifs is 1. The molecule has 0 unspecified atom stereocenters. The van der Waals surface area contributed by atoms with E-state index in [0.29, 0.717) is 10.9 Å². The normalized spacial score (nSPS) is 10.6. The number of carbonyl (C=O) groups is 2. The number of nitrogens with one attached hydrogen (secondary N) is 1. The molecular weight excluding hydrogens is 438 g/mol. The van der Waals surface area contributed by atoms with Gasteiger partial charge in [-0.25, -0.2) is 4.79 Å². The summed E-state index contributed by atoms with van der Waals surface area (Å²) in [4.78, 5) is 36.8. The van der Waals surface area contributed by atoms with Crippen molar-refractivity contribution in [1.29, 1.82) is 0 Å². The number of ether oxygens (including phenoxy) is 2. The predicted octanol–water partition coefficient (Wildman–Crippen LogP) is 4.56. The third-order valence-electron chi connectivity index (χ3n) is 5.09. The maximum absolute atomic E-state index is 12.9. The monoisotopic (exact) mass is 459 g/mol. The van der Waals surface area contributed by atoms with Gasteiger partial charge in [0.2, 0.25) is 0 Å². The SMILES string of the molecule is CC(=O)Oc1ccc(C(=O)Nc2c(OCc3ccccc3)c3ccc(O)c(C)c3oc2=O)cc1. The molecule has 0 spiro atoms. The molecule has 0 atom stereocenters. The Morgan fingerprint density at radius 3 is 2.38 bits per heavy atom. The van der Waals surface area contributed by atoms with Crippen molar-refractivity contribution in [2.24, 2.45) is 0 Å². The van der Waals surface area contributed by atoms with Gasteiger partial charge in [0.1, 0.15) is 23.7 Å². The number of phenols is 1. The molecule has 0 saturated heterocycles. The highest BCUT2D eigenvalue weighted by Gasteiger charge is 2.21. The summed E-state index contributed by atoms with van der Waals surface area (Å²) in [7, 11) is 0. The van der Waals surface area contributed by atoms with Crippen molar-refractivity contribution in [2.45, 2.75) is 20.5 Å². The van der Waals surface area contributed by atoms with Crippen molar-refractivity contribution in [3.8, 4) is 17.2 Å². The lowest BCUT2D eigenvalue weighted by molar-refractivity contribution is -0.131. The molecule has 0 aliphatic rings. The number of hydrogen-bond donors (Lipinski definition) is 2. The van der Waals surface area contributed by atoms with Gasteiger partial charge in [0.25, 0.3) is 5.91 Å². The van der Waals surface area contributed by atoms with Crippen LogP contribution in [-0.4, -0.2) is 17.0 Å². The number of hydrogen-bond acceptors (Lipinski definition) is 7. The maximum Gasteiger partial charge on any atom is 0.364 e. The maximum atomic E-state index is 12.9. The first-order valence-corrected chi connectivity index (χ1v) is 10.4. The van der Waals surface area contributed by atoms with Crippen molar-refractivity contribution < 1.29 is 28.6 Å². The van der Waals surface area contributed by atoms with E-state index in [1.807, 2.05) is 30.3 Å². The molecule has 8 nitrogen and oxygen atoms in total. The predicted molar refractivity (Wildman–Crippen MR) is 125 cm³/mol. The van der Waals surface area contributed by atoms with E-state index in [0.717, 1.165) is 5.56 Å².